The Balaban J connectivity index is 1.29. The number of carboxylic acids is 1. The number of aliphatic carboxylic acids is 1. The zero-order valence-corrected chi connectivity index (χ0v) is 15.3. The topological polar surface area (TPSA) is 100 Å². The van der Waals surface area contributed by atoms with E-state index in [1.165, 1.54) is 22.3 Å². The molecule has 1 aliphatic heterocycles. The number of benzene rings is 2. The van der Waals surface area contributed by atoms with Crippen LogP contribution in [0.3, 0.4) is 0 Å². The average Bonchev–Trinajstić information content (AvgIpc) is 3.40. The normalized spacial score (nSPS) is 15.6. The van der Waals surface area contributed by atoms with Crippen molar-refractivity contribution in [2.24, 2.45) is 10.2 Å². The van der Waals surface area contributed by atoms with E-state index in [1.807, 2.05) is 24.3 Å². The van der Waals surface area contributed by atoms with E-state index in [1.54, 1.807) is 0 Å². The largest absolute Gasteiger partial charge is 0.481 e. The van der Waals surface area contributed by atoms with Gasteiger partial charge in [0.25, 0.3) is 0 Å². The molecule has 2 N–H and O–H groups in total. The zero-order chi connectivity index (χ0) is 19.6. The number of hydrogen-bond acceptors (Lipinski definition) is 5. The number of amides is 1. The van der Waals surface area contributed by atoms with Gasteiger partial charge in [0, 0.05) is 31.7 Å². The molecule has 0 fully saturated rings. The van der Waals surface area contributed by atoms with Gasteiger partial charge in [-0.05, 0) is 22.3 Å². The first-order valence-corrected chi connectivity index (χ1v) is 9.33. The summed E-state index contributed by atoms with van der Waals surface area (Å²) in [5.41, 5.74) is 4.06. The molecule has 0 bridgehead atoms. The van der Waals surface area contributed by atoms with Crippen LogP contribution in [0.1, 0.15) is 36.3 Å². The Kier molecular flexibility index (Phi) is 4.81. The molecule has 1 heterocycles. The fraction of sp³-hybridized carbons (Fsp3) is 0.333. The highest BCUT2D eigenvalue weighted by Gasteiger charge is 2.39. The molecule has 7 heteroatoms. The third-order valence-electron chi connectivity index (χ3n) is 5.26. The second-order valence-corrected chi connectivity index (χ2v) is 7.08. The van der Waals surface area contributed by atoms with Crippen LogP contribution < -0.4 is 5.32 Å². The van der Waals surface area contributed by atoms with Crippen molar-refractivity contribution >= 4 is 12.1 Å². The monoisotopic (exact) mass is 379 g/mol. The first-order valence-electron chi connectivity index (χ1n) is 9.33. The first-order chi connectivity index (χ1) is 13.6. The van der Waals surface area contributed by atoms with E-state index in [2.05, 4.69) is 39.8 Å². The maximum absolute atomic E-state index is 12.1. The van der Waals surface area contributed by atoms with Crippen LogP contribution in [0, 0.1) is 0 Å². The molecule has 1 aliphatic carbocycles. The Hall–Kier alpha value is -3.22. The van der Waals surface area contributed by atoms with E-state index in [0.29, 0.717) is 19.4 Å². The fourth-order valence-corrected chi connectivity index (χ4v) is 3.72. The summed E-state index contributed by atoms with van der Waals surface area (Å²) in [4.78, 5) is 22.8. The molecule has 2 aromatic carbocycles. The summed E-state index contributed by atoms with van der Waals surface area (Å²) in [6, 6.07) is 16.3. The number of carboxylic acid groups (broad SMARTS) is 1. The lowest BCUT2D eigenvalue weighted by Gasteiger charge is -2.15. The predicted molar refractivity (Wildman–Crippen MR) is 102 cm³/mol. The average molecular weight is 379 g/mol. The molecule has 0 aromatic heterocycles. The van der Waals surface area contributed by atoms with Crippen LogP contribution in [0.25, 0.3) is 11.1 Å². The Bertz CT molecular complexity index is 889. The van der Waals surface area contributed by atoms with Gasteiger partial charge in [-0.1, -0.05) is 48.5 Å². The number of nitrogens with one attached hydrogen (secondary N) is 1. The van der Waals surface area contributed by atoms with Crippen molar-refractivity contribution in [3.63, 3.8) is 0 Å². The third kappa shape index (κ3) is 3.74. The molecule has 4 rings (SSSR count). The van der Waals surface area contributed by atoms with E-state index in [9.17, 15) is 9.59 Å². The molecule has 28 heavy (non-hydrogen) atoms. The molecule has 1 amide bonds. The van der Waals surface area contributed by atoms with Crippen LogP contribution in [-0.2, 0) is 9.53 Å². The van der Waals surface area contributed by atoms with Gasteiger partial charge in [0.2, 0.25) is 0 Å². The lowest BCUT2D eigenvalue weighted by Crippen LogP contribution is -2.30. The minimum absolute atomic E-state index is 0.0118. The maximum atomic E-state index is 12.1. The molecule has 144 valence electrons. The summed E-state index contributed by atoms with van der Waals surface area (Å²) in [6.45, 7) is 0.599. The Morgan fingerprint density at radius 2 is 1.61 bits per heavy atom. The number of hydrogen-bond donors (Lipinski definition) is 2. The van der Waals surface area contributed by atoms with Crippen LogP contribution >= 0.6 is 0 Å². The minimum atomic E-state index is -0.874. The summed E-state index contributed by atoms with van der Waals surface area (Å²) >= 11 is 0. The van der Waals surface area contributed by atoms with Crippen LogP contribution in [0.5, 0.6) is 0 Å². The van der Waals surface area contributed by atoms with Crippen LogP contribution in [0.15, 0.2) is 58.8 Å². The minimum Gasteiger partial charge on any atom is -0.481 e. The summed E-state index contributed by atoms with van der Waals surface area (Å²) in [5, 5.41) is 19.3. The number of carbonyl (C=O) groups excluding carboxylic acids is 1. The van der Waals surface area contributed by atoms with Crippen molar-refractivity contribution in [2.45, 2.75) is 30.8 Å². The molecule has 0 spiro atoms. The highest BCUT2D eigenvalue weighted by atomic mass is 16.5. The van der Waals surface area contributed by atoms with Gasteiger partial charge in [-0.15, -0.1) is 0 Å². The van der Waals surface area contributed by atoms with Crippen molar-refractivity contribution < 1.29 is 19.4 Å². The first kappa shape index (κ1) is 18.2. The fourth-order valence-electron chi connectivity index (χ4n) is 3.72. The second kappa shape index (κ2) is 7.42. The van der Waals surface area contributed by atoms with Crippen molar-refractivity contribution in [3.05, 3.63) is 59.7 Å². The van der Waals surface area contributed by atoms with Gasteiger partial charge in [0.1, 0.15) is 6.61 Å². The number of fused-ring (bicyclic) bond motifs is 3. The molecule has 2 aromatic rings. The van der Waals surface area contributed by atoms with E-state index in [-0.39, 0.29) is 18.9 Å². The molecule has 0 saturated carbocycles. The standard InChI is InChI=1S/C21H21N3O4/c25-19(26)9-10-21(23-24-21)11-12-22-20(27)28-13-18-16-7-3-1-5-14(16)15-6-2-4-8-17(15)18/h1-8,18H,9-13H2,(H,22,27)(H,25,26). The summed E-state index contributed by atoms with van der Waals surface area (Å²) < 4.78 is 5.47. The van der Waals surface area contributed by atoms with Crippen molar-refractivity contribution in [3.8, 4) is 11.1 Å². The smallest absolute Gasteiger partial charge is 0.407 e. The Morgan fingerprint density at radius 3 is 2.18 bits per heavy atom. The summed E-state index contributed by atoms with van der Waals surface area (Å²) in [6.07, 6.45) is 0.354. The highest BCUT2D eigenvalue weighted by molar-refractivity contribution is 5.79. The molecule has 0 unspecified atom stereocenters. The van der Waals surface area contributed by atoms with Crippen LogP contribution in [-0.4, -0.2) is 36.0 Å². The molecule has 2 aliphatic rings. The molecular formula is C21H21N3O4. The van der Waals surface area contributed by atoms with Gasteiger partial charge in [0.05, 0.1) is 0 Å². The maximum Gasteiger partial charge on any atom is 0.407 e. The molecule has 0 atom stereocenters. The third-order valence-corrected chi connectivity index (χ3v) is 5.26. The van der Waals surface area contributed by atoms with E-state index < -0.39 is 17.7 Å². The van der Waals surface area contributed by atoms with Crippen molar-refractivity contribution in [2.75, 3.05) is 13.2 Å². The van der Waals surface area contributed by atoms with Crippen molar-refractivity contribution in [1.29, 1.82) is 0 Å². The SMILES string of the molecule is O=C(O)CCC1(CCNC(=O)OCC2c3ccccc3-c3ccccc32)N=N1. The van der Waals surface area contributed by atoms with Gasteiger partial charge in [-0.2, -0.15) is 10.2 Å². The quantitative estimate of drug-likeness (QED) is 0.725. The van der Waals surface area contributed by atoms with E-state index >= 15 is 0 Å². The molecule has 7 nitrogen and oxygen atoms in total. The number of nitrogens with zero attached hydrogens (tertiary/aromatic N) is 2. The van der Waals surface area contributed by atoms with Gasteiger partial charge in [-0.25, -0.2) is 4.79 Å². The summed E-state index contributed by atoms with van der Waals surface area (Å²) in [7, 11) is 0. The summed E-state index contributed by atoms with van der Waals surface area (Å²) in [5.74, 6) is -0.852. The Labute approximate surface area is 162 Å². The second-order valence-electron chi connectivity index (χ2n) is 7.08. The van der Waals surface area contributed by atoms with Gasteiger partial charge in [0.15, 0.2) is 5.66 Å². The Morgan fingerprint density at radius 1 is 1.00 bits per heavy atom. The van der Waals surface area contributed by atoms with Crippen molar-refractivity contribution in [1.82, 2.24) is 5.32 Å². The number of ether oxygens (including phenoxy) is 1. The number of alkyl carbamates (subject to hydrolysis) is 1. The van der Waals surface area contributed by atoms with Gasteiger partial charge in [-0.3, -0.25) is 4.79 Å². The van der Waals surface area contributed by atoms with E-state index in [0.717, 1.165) is 0 Å². The van der Waals surface area contributed by atoms with Gasteiger partial charge >= 0.3 is 12.1 Å². The lowest BCUT2D eigenvalue weighted by molar-refractivity contribution is -0.137. The van der Waals surface area contributed by atoms with Crippen LogP contribution in [0.4, 0.5) is 4.79 Å². The number of carbonyl (C=O) groups is 2. The molecular weight excluding hydrogens is 358 g/mol. The zero-order valence-electron chi connectivity index (χ0n) is 15.3. The molecule has 0 saturated heterocycles. The predicted octanol–water partition coefficient (Wildman–Crippen LogP) is 3.94. The lowest BCUT2D eigenvalue weighted by atomic mass is 9.98. The van der Waals surface area contributed by atoms with Gasteiger partial charge < -0.3 is 15.2 Å². The van der Waals surface area contributed by atoms with Crippen LogP contribution in [0.2, 0.25) is 0 Å². The number of rotatable bonds is 8. The molecule has 0 radical (unpaired) electrons. The highest BCUT2D eigenvalue weighted by Crippen LogP contribution is 2.44. The van der Waals surface area contributed by atoms with E-state index in [4.69, 9.17) is 9.84 Å².